The van der Waals surface area contributed by atoms with Crippen molar-refractivity contribution in [1.29, 1.82) is 0 Å². The molecule has 0 N–H and O–H groups in total. The van der Waals surface area contributed by atoms with Gasteiger partial charge in [0.15, 0.2) is 0 Å². The second kappa shape index (κ2) is 8.66. The van der Waals surface area contributed by atoms with Crippen molar-refractivity contribution in [2.75, 3.05) is 13.7 Å². The fraction of sp³-hybridized carbons (Fsp3) is 0.250. The zero-order valence-corrected chi connectivity index (χ0v) is 17.2. The summed E-state index contributed by atoms with van der Waals surface area (Å²) in [6, 6.07) is 15.7. The van der Waals surface area contributed by atoms with Crippen molar-refractivity contribution in [3.63, 3.8) is 0 Å². The topological polar surface area (TPSA) is 44.8 Å². The van der Waals surface area contributed by atoms with Crippen LogP contribution in [-0.4, -0.2) is 24.3 Å². The summed E-state index contributed by atoms with van der Waals surface area (Å²) in [5.41, 5.74) is 5.34. The highest BCUT2D eigenvalue weighted by molar-refractivity contribution is 6.01. The van der Waals surface area contributed by atoms with Crippen LogP contribution in [0.3, 0.4) is 0 Å². The van der Waals surface area contributed by atoms with Crippen molar-refractivity contribution in [3.8, 4) is 28.0 Å². The highest BCUT2D eigenvalue weighted by Gasteiger charge is 2.26. The number of carbonyl (C=O) groups excluding carboxylic acids is 1. The first kappa shape index (κ1) is 20.2. The monoisotopic (exact) mass is 388 g/mol. The van der Waals surface area contributed by atoms with E-state index >= 15 is 0 Å². The van der Waals surface area contributed by atoms with Gasteiger partial charge in [-0.25, -0.2) is 9.64 Å². The average molecular weight is 388 g/mol. The number of aromatic nitrogens is 1. The summed E-state index contributed by atoms with van der Waals surface area (Å²) in [7, 11) is 3.46. The van der Waals surface area contributed by atoms with Crippen molar-refractivity contribution in [1.82, 2.24) is 4.57 Å². The van der Waals surface area contributed by atoms with Gasteiger partial charge >= 0.3 is 5.97 Å². The van der Waals surface area contributed by atoms with Crippen LogP contribution in [0.1, 0.15) is 30.0 Å². The summed E-state index contributed by atoms with van der Waals surface area (Å²) in [5, 5.41) is 0. The summed E-state index contributed by atoms with van der Waals surface area (Å²) in [4.78, 5) is 16.4. The summed E-state index contributed by atoms with van der Waals surface area (Å²) < 4.78 is 12.3. The van der Waals surface area contributed by atoms with Gasteiger partial charge in [-0.15, -0.1) is 0 Å². The Morgan fingerprint density at radius 2 is 1.55 bits per heavy atom. The molecule has 0 saturated heterocycles. The molecular weight excluding hydrogens is 364 g/mol. The summed E-state index contributed by atoms with van der Waals surface area (Å²) in [6.45, 7) is 11.7. The van der Waals surface area contributed by atoms with Crippen molar-refractivity contribution in [2.45, 2.75) is 20.3 Å². The van der Waals surface area contributed by atoms with Crippen LogP contribution in [-0.2, 0) is 18.2 Å². The number of benzene rings is 2. The van der Waals surface area contributed by atoms with Crippen LogP contribution >= 0.6 is 0 Å². The lowest BCUT2D eigenvalue weighted by molar-refractivity contribution is 0.0516. The average Bonchev–Trinajstić information content (AvgIpc) is 3.05. The molecule has 3 rings (SSSR count). The normalized spacial score (nSPS) is 10.4. The van der Waals surface area contributed by atoms with Gasteiger partial charge in [0.05, 0.1) is 20.3 Å². The quantitative estimate of drug-likeness (QED) is 0.404. The Hall–Kier alpha value is -3.52. The molecule has 0 aliphatic heterocycles. The molecule has 0 radical (unpaired) electrons. The van der Waals surface area contributed by atoms with Gasteiger partial charge < -0.3 is 14.0 Å². The maximum Gasteiger partial charge on any atom is 0.354 e. The zero-order valence-electron chi connectivity index (χ0n) is 17.2. The Morgan fingerprint density at radius 1 is 1.00 bits per heavy atom. The van der Waals surface area contributed by atoms with E-state index in [2.05, 4.69) is 4.85 Å². The molecule has 5 heteroatoms. The minimum Gasteiger partial charge on any atom is -0.497 e. The SMILES string of the molecule is [C-]#[N+]c1c(-c2ccc(-c3ccc(OC)cc3)cc2)c(C(=O)OCC)n(C)c1CC. The van der Waals surface area contributed by atoms with E-state index in [4.69, 9.17) is 16.0 Å². The lowest BCUT2D eigenvalue weighted by Gasteiger charge is -2.10. The molecule has 2 aromatic carbocycles. The molecule has 0 unspecified atom stereocenters. The third kappa shape index (κ3) is 3.74. The Kier molecular flexibility index (Phi) is 6.04. The van der Waals surface area contributed by atoms with Crippen LogP contribution < -0.4 is 4.74 Å². The van der Waals surface area contributed by atoms with E-state index in [0.29, 0.717) is 23.4 Å². The molecule has 0 saturated carbocycles. The largest absolute Gasteiger partial charge is 0.497 e. The number of nitrogens with zero attached hydrogens (tertiary/aromatic N) is 2. The van der Waals surface area contributed by atoms with Gasteiger partial charge in [-0.05, 0) is 42.2 Å². The summed E-state index contributed by atoms with van der Waals surface area (Å²) in [5.74, 6) is 0.399. The van der Waals surface area contributed by atoms with Gasteiger partial charge in [-0.1, -0.05) is 43.3 Å². The standard InChI is InChI=1S/C24H24N2O3/c1-6-20-22(25-3)21(23(26(20)4)24(27)29-7-2)18-10-8-16(9-11-18)17-12-14-19(28-5)15-13-17/h8-15H,6-7H2,1-2,4-5H3. The van der Waals surface area contributed by atoms with E-state index in [1.54, 1.807) is 18.6 Å². The molecule has 0 bridgehead atoms. The molecule has 5 nitrogen and oxygen atoms in total. The molecule has 0 aliphatic rings. The predicted molar refractivity (Wildman–Crippen MR) is 114 cm³/mol. The molecule has 0 fully saturated rings. The fourth-order valence-corrected chi connectivity index (χ4v) is 3.57. The van der Waals surface area contributed by atoms with Gasteiger partial charge in [0.25, 0.3) is 0 Å². The lowest BCUT2D eigenvalue weighted by Crippen LogP contribution is -2.12. The van der Waals surface area contributed by atoms with Gasteiger partial charge in [-0.3, -0.25) is 0 Å². The van der Waals surface area contributed by atoms with Gasteiger partial charge in [0.1, 0.15) is 11.4 Å². The Morgan fingerprint density at radius 3 is 2.03 bits per heavy atom. The Bertz CT molecular complexity index is 1060. The molecule has 148 valence electrons. The Balaban J connectivity index is 2.10. The van der Waals surface area contributed by atoms with E-state index in [1.165, 1.54) is 0 Å². The molecule has 29 heavy (non-hydrogen) atoms. The van der Waals surface area contributed by atoms with E-state index < -0.39 is 5.97 Å². The van der Waals surface area contributed by atoms with E-state index in [-0.39, 0.29) is 6.61 Å². The number of rotatable bonds is 6. The van der Waals surface area contributed by atoms with Crippen molar-refractivity contribution < 1.29 is 14.3 Å². The Labute approximate surface area is 171 Å². The minimum absolute atomic E-state index is 0.286. The lowest BCUT2D eigenvalue weighted by atomic mass is 9.99. The number of ether oxygens (including phenoxy) is 2. The maximum absolute atomic E-state index is 12.6. The summed E-state index contributed by atoms with van der Waals surface area (Å²) >= 11 is 0. The number of methoxy groups -OCH3 is 1. The van der Waals surface area contributed by atoms with Gasteiger partial charge in [0.2, 0.25) is 5.69 Å². The van der Waals surface area contributed by atoms with Crippen LogP contribution in [0.5, 0.6) is 5.75 Å². The van der Waals surface area contributed by atoms with Crippen LogP contribution in [0.4, 0.5) is 5.69 Å². The van der Waals surface area contributed by atoms with Crippen molar-refractivity contribution >= 4 is 11.7 Å². The highest BCUT2D eigenvalue weighted by atomic mass is 16.5. The van der Waals surface area contributed by atoms with Gasteiger partial charge in [0, 0.05) is 18.3 Å². The van der Waals surface area contributed by atoms with Crippen molar-refractivity contribution in [2.24, 2.45) is 7.05 Å². The predicted octanol–water partition coefficient (Wildman–Crippen LogP) is 5.66. The number of hydrogen-bond donors (Lipinski definition) is 0. The second-order valence-corrected chi connectivity index (χ2v) is 6.57. The fourth-order valence-electron chi connectivity index (χ4n) is 3.57. The smallest absolute Gasteiger partial charge is 0.354 e. The van der Waals surface area contributed by atoms with Crippen molar-refractivity contribution in [3.05, 3.63) is 71.3 Å². The van der Waals surface area contributed by atoms with E-state index in [9.17, 15) is 4.79 Å². The second-order valence-electron chi connectivity index (χ2n) is 6.57. The molecular formula is C24H24N2O3. The summed E-state index contributed by atoms with van der Waals surface area (Å²) in [6.07, 6.45) is 0.657. The maximum atomic E-state index is 12.6. The minimum atomic E-state index is -0.408. The zero-order chi connectivity index (χ0) is 21.0. The molecule has 1 heterocycles. The van der Waals surface area contributed by atoms with E-state index in [0.717, 1.165) is 28.1 Å². The van der Waals surface area contributed by atoms with Crippen LogP contribution in [0.15, 0.2) is 48.5 Å². The van der Waals surface area contributed by atoms with Crippen LogP contribution in [0.25, 0.3) is 27.1 Å². The van der Waals surface area contributed by atoms with E-state index in [1.807, 2.05) is 62.5 Å². The number of carbonyl (C=O) groups is 1. The third-order valence-corrected chi connectivity index (χ3v) is 5.00. The first-order valence-electron chi connectivity index (χ1n) is 9.56. The molecule has 0 aliphatic carbocycles. The molecule has 0 spiro atoms. The first-order chi connectivity index (χ1) is 14.0. The van der Waals surface area contributed by atoms with Crippen LogP contribution in [0, 0.1) is 6.57 Å². The third-order valence-electron chi connectivity index (χ3n) is 5.00. The molecule has 1 aromatic heterocycles. The molecule has 0 atom stereocenters. The number of hydrogen-bond acceptors (Lipinski definition) is 3. The van der Waals surface area contributed by atoms with Crippen LogP contribution in [0.2, 0.25) is 0 Å². The van der Waals surface area contributed by atoms with Gasteiger partial charge in [-0.2, -0.15) is 0 Å². The number of esters is 1. The molecule has 3 aromatic rings. The highest BCUT2D eigenvalue weighted by Crippen LogP contribution is 2.40. The molecule has 0 amide bonds. The first-order valence-corrected chi connectivity index (χ1v) is 9.56.